The van der Waals surface area contributed by atoms with Crippen molar-refractivity contribution >= 4 is 40.8 Å². The molecule has 0 bridgehead atoms. The number of nitro benzene ring substituents is 1. The molecule has 0 saturated carbocycles. The predicted molar refractivity (Wildman–Crippen MR) is 101 cm³/mol. The molecule has 2 aromatic carbocycles. The molecule has 9 heteroatoms. The van der Waals surface area contributed by atoms with Crippen LogP contribution in [-0.4, -0.2) is 21.8 Å². The number of nitrogens with one attached hydrogen (secondary N) is 1. The molecule has 0 aromatic heterocycles. The van der Waals surface area contributed by atoms with Crippen molar-refractivity contribution in [3.8, 4) is 0 Å². The highest BCUT2D eigenvalue weighted by Crippen LogP contribution is 2.36. The van der Waals surface area contributed by atoms with Gasteiger partial charge in [-0.1, -0.05) is 41.4 Å². The summed E-state index contributed by atoms with van der Waals surface area (Å²) >= 11 is 12.1. The average molecular weight is 408 g/mol. The summed E-state index contributed by atoms with van der Waals surface area (Å²) < 4.78 is 0. The number of carbonyl (C=O) groups excluding carboxylic acids is 2. The Morgan fingerprint density at radius 1 is 1.22 bits per heavy atom. The summed E-state index contributed by atoms with van der Waals surface area (Å²) in [7, 11) is 0. The van der Waals surface area contributed by atoms with Gasteiger partial charge in [0.25, 0.3) is 11.6 Å². The smallest absolute Gasteiger partial charge is 0.319 e. The fraction of sp³-hybridized carbons (Fsp3) is 0.222. The number of nitro groups is 1. The van der Waals surface area contributed by atoms with Crippen molar-refractivity contribution in [1.82, 2.24) is 10.2 Å². The van der Waals surface area contributed by atoms with Crippen LogP contribution in [0.2, 0.25) is 10.0 Å². The highest BCUT2D eigenvalue weighted by molar-refractivity contribution is 6.35. The standard InChI is InChI=1S/C18H15Cl2N3O4/c1-10-11(4-3-5-15(10)23(26)27)9-22-16(24)18(2,21-17(22)25)13-7-6-12(19)8-14(13)20/h3-8H,9H2,1-2H3,(H,21,25). The van der Waals surface area contributed by atoms with Gasteiger partial charge in [0.05, 0.1) is 11.5 Å². The third-order valence-electron chi connectivity index (χ3n) is 4.69. The molecule has 1 saturated heterocycles. The van der Waals surface area contributed by atoms with Crippen molar-refractivity contribution in [2.45, 2.75) is 25.9 Å². The first-order chi connectivity index (χ1) is 12.6. The number of carbonyl (C=O) groups is 2. The van der Waals surface area contributed by atoms with Crippen molar-refractivity contribution < 1.29 is 14.5 Å². The summed E-state index contributed by atoms with van der Waals surface area (Å²) in [6.07, 6.45) is 0. The number of rotatable bonds is 4. The van der Waals surface area contributed by atoms with Crippen LogP contribution in [0.4, 0.5) is 10.5 Å². The van der Waals surface area contributed by atoms with Gasteiger partial charge >= 0.3 is 6.03 Å². The summed E-state index contributed by atoms with van der Waals surface area (Å²) in [6, 6.07) is 8.62. The Morgan fingerprint density at radius 3 is 2.56 bits per heavy atom. The van der Waals surface area contributed by atoms with E-state index in [-0.39, 0.29) is 17.3 Å². The highest BCUT2D eigenvalue weighted by Gasteiger charge is 2.50. The van der Waals surface area contributed by atoms with Crippen LogP contribution in [0.3, 0.4) is 0 Å². The number of hydrogen-bond donors (Lipinski definition) is 1. The van der Waals surface area contributed by atoms with Crippen LogP contribution in [0, 0.1) is 17.0 Å². The average Bonchev–Trinajstić information content (AvgIpc) is 2.80. The Labute approximate surface area is 165 Å². The van der Waals surface area contributed by atoms with Crippen molar-refractivity contribution in [3.05, 3.63) is 73.2 Å². The lowest BCUT2D eigenvalue weighted by Gasteiger charge is -2.23. The zero-order valence-electron chi connectivity index (χ0n) is 14.5. The molecular weight excluding hydrogens is 393 g/mol. The van der Waals surface area contributed by atoms with Crippen LogP contribution in [0.1, 0.15) is 23.6 Å². The van der Waals surface area contributed by atoms with Gasteiger partial charge in [-0.05, 0) is 31.5 Å². The minimum atomic E-state index is -1.35. The van der Waals surface area contributed by atoms with Crippen molar-refractivity contribution in [2.24, 2.45) is 0 Å². The van der Waals surface area contributed by atoms with Crippen LogP contribution in [0.15, 0.2) is 36.4 Å². The first kappa shape index (κ1) is 19.1. The molecule has 1 unspecified atom stereocenters. The Hall–Kier alpha value is -2.64. The molecule has 7 nitrogen and oxygen atoms in total. The predicted octanol–water partition coefficient (Wildman–Crippen LogP) is 4.18. The number of nitrogens with zero attached hydrogens (tertiary/aromatic N) is 2. The van der Waals surface area contributed by atoms with Gasteiger partial charge in [0.2, 0.25) is 0 Å². The largest absolute Gasteiger partial charge is 0.325 e. The van der Waals surface area contributed by atoms with E-state index in [1.54, 1.807) is 32.0 Å². The number of amides is 3. The topological polar surface area (TPSA) is 92.6 Å². The maximum absolute atomic E-state index is 13.0. The molecule has 0 aliphatic carbocycles. The van der Waals surface area contributed by atoms with Gasteiger partial charge in [-0.15, -0.1) is 0 Å². The van der Waals surface area contributed by atoms with Gasteiger partial charge in [-0.25, -0.2) is 4.79 Å². The van der Waals surface area contributed by atoms with Crippen LogP contribution >= 0.6 is 23.2 Å². The van der Waals surface area contributed by atoms with Gasteiger partial charge in [0.1, 0.15) is 5.54 Å². The van der Waals surface area contributed by atoms with Gasteiger partial charge < -0.3 is 5.32 Å². The number of imide groups is 1. The molecule has 1 aliphatic heterocycles. The second-order valence-electron chi connectivity index (χ2n) is 6.39. The minimum absolute atomic E-state index is 0.0666. The maximum Gasteiger partial charge on any atom is 0.325 e. The quantitative estimate of drug-likeness (QED) is 0.467. The Kier molecular flexibility index (Phi) is 4.84. The lowest BCUT2D eigenvalue weighted by atomic mass is 9.92. The molecule has 1 heterocycles. The summed E-state index contributed by atoms with van der Waals surface area (Å²) in [5.41, 5.74) is -0.0819. The zero-order valence-corrected chi connectivity index (χ0v) is 16.0. The first-order valence-corrected chi connectivity index (χ1v) is 8.73. The minimum Gasteiger partial charge on any atom is -0.319 e. The summed E-state index contributed by atoms with van der Waals surface area (Å²) in [4.78, 5) is 37.1. The Morgan fingerprint density at radius 2 is 1.93 bits per heavy atom. The normalized spacial score (nSPS) is 19.3. The number of halogens is 2. The molecule has 3 amide bonds. The maximum atomic E-state index is 13.0. The van der Waals surface area contributed by atoms with E-state index in [1.807, 2.05) is 0 Å². The van der Waals surface area contributed by atoms with Gasteiger partial charge in [-0.2, -0.15) is 0 Å². The number of urea groups is 1. The highest BCUT2D eigenvalue weighted by atomic mass is 35.5. The van der Waals surface area contributed by atoms with Crippen molar-refractivity contribution in [2.75, 3.05) is 0 Å². The van der Waals surface area contributed by atoms with Gasteiger partial charge in [0, 0.05) is 27.2 Å². The van der Waals surface area contributed by atoms with E-state index in [9.17, 15) is 19.7 Å². The molecule has 1 fully saturated rings. The number of hydrogen-bond acceptors (Lipinski definition) is 4. The monoisotopic (exact) mass is 407 g/mol. The fourth-order valence-electron chi connectivity index (χ4n) is 3.13. The molecule has 27 heavy (non-hydrogen) atoms. The molecule has 1 atom stereocenters. The van der Waals surface area contributed by atoms with Crippen molar-refractivity contribution in [3.63, 3.8) is 0 Å². The third-order valence-corrected chi connectivity index (χ3v) is 5.24. The van der Waals surface area contributed by atoms with Crippen LogP contribution in [0.5, 0.6) is 0 Å². The Balaban J connectivity index is 1.96. The summed E-state index contributed by atoms with van der Waals surface area (Å²) in [5, 5.41) is 14.4. The van der Waals surface area contributed by atoms with Crippen molar-refractivity contribution in [1.29, 1.82) is 0 Å². The van der Waals surface area contributed by atoms with Crippen LogP contribution in [0.25, 0.3) is 0 Å². The molecule has 0 spiro atoms. The van der Waals surface area contributed by atoms with Gasteiger partial charge in [-0.3, -0.25) is 19.8 Å². The van der Waals surface area contributed by atoms with E-state index in [4.69, 9.17) is 23.2 Å². The van der Waals surface area contributed by atoms with E-state index in [0.717, 1.165) is 4.90 Å². The van der Waals surface area contributed by atoms with Gasteiger partial charge in [0.15, 0.2) is 0 Å². The molecule has 140 valence electrons. The summed E-state index contributed by atoms with van der Waals surface area (Å²) in [5.74, 6) is -0.498. The fourth-order valence-corrected chi connectivity index (χ4v) is 3.72. The Bertz CT molecular complexity index is 979. The first-order valence-electron chi connectivity index (χ1n) is 7.97. The van der Waals surface area contributed by atoms with E-state index in [1.165, 1.54) is 18.2 Å². The number of benzene rings is 2. The molecule has 0 radical (unpaired) electrons. The van der Waals surface area contributed by atoms with E-state index in [2.05, 4.69) is 5.32 Å². The lowest BCUT2D eigenvalue weighted by Crippen LogP contribution is -2.41. The second-order valence-corrected chi connectivity index (χ2v) is 7.23. The van der Waals surface area contributed by atoms with E-state index in [0.29, 0.717) is 21.7 Å². The van der Waals surface area contributed by atoms with Crippen LogP contribution in [-0.2, 0) is 16.9 Å². The molecule has 1 aliphatic rings. The van der Waals surface area contributed by atoms with Crippen LogP contribution < -0.4 is 5.32 Å². The SMILES string of the molecule is Cc1c(CN2C(=O)NC(C)(c3ccc(Cl)cc3Cl)C2=O)cccc1[N+](=O)[O-]. The van der Waals surface area contributed by atoms with E-state index < -0.39 is 22.4 Å². The lowest BCUT2D eigenvalue weighted by molar-refractivity contribution is -0.385. The molecule has 2 aromatic rings. The molecular formula is C18H15Cl2N3O4. The molecule has 3 rings (SSSR count). The third kappa shape index (κ3) is 3.24. The van der Waals surface area contributed by atoms with E-state index >= 15 is 0 Å². The summed E-state index contributed by atoms with van der Waals surface area (Å²) in [6.45, 7) is 3.06. The zero-order chi connectivity index (χ0) is 19.9. The second kappa shape index (κ2) is 6.83. The molecule has 1 N–H and O–H groups in total.